The van der Waals surface area contributed by atoms with Gasteiger partial charge in [-0.3, -0.25) is 9.59 Å². The van der Waals surface area contributed by atoms with Crippen LogP contribution in [0.1, 0.15) is 380 Å². The fourth-order valence-electron chi connectivity index (χ4n) is 10.8. The second-order valence-corrected chi connectivity index (χ2v) is 23.9. The Balaban J connectivity index is 3.44. The van der Waals surface area contributed by atoms with Crippen molar-refractivity contribution >= 4 is 11.9 Å². The summed E-state index contributed by atoms with van der Waals surface area (Å²) >= 11 is 0. The number of aliphatic hydroxyl groups excluding tert-OH is 2. The van der Waals surface area contributed by atoms with E-state index in [0.29, 0.717) is 19.4 Å². The maximum atomic E-state index is 12.5. The molecule has 0 aromatic carbocycles. The zero-order valence-electron chi connectivity index (χ0n) is 52.0. The molecular formula is C71H135NO5. The van der Waals surface area contributed by atoms with Gasteiger partial charge < -0.3 is 20.3 Å². The summed E-state index contributed by atoms with van der Waals surface area (Å²) in [5.41, 5.74) is 0. The summed E-state index contributed by atoms with van der Waals surface area (Å²) in [6, 6.07) is -0.633. The van der Waals surface area contributed by atoms with Crippen molar-refractivity contribution in [2.45, 2.75) is 392 Å². The van der Waals surface area contributed by atoms with Crippen LogP contribution in [-0.2, 0) is 14.3 Å². The Morgan fingerprint density at radius 3 is 0.922 bits per heavy atom. The van der Waals surface area contributed by atoms with Gasteiger partial charge >= 0.3 is 5.97 Å². The lowest BCUT2D eigenvalue weighted by Gasteiger charge is -2.20. The number of amides is 1. The molecule has 0 rings (SSSR count). The van der Waals surface area contributed by atoms with Gasteiger partial charge in [0.05, 0.1) is 25.4 Å². The summed E-state index contributed by atoms with van der Waals surface area (Å²) in [5.74, 6) is -0.0652. The molecule has 2 atom stereocenters. The van der Waals surface area contributed by atoms with Gasteiger partial charge in [-0.05, 0) is 83.5 Å². The van der Waals surface area contributed by atoms with E-state index in [1.54, 1.807) is 6.08 Å². The molecule has 1 amide bonds. The predicted molar refractivity (Wildman–Crippen MR) is 338 cm³/mol. The van der Waals surface area contributed by atoms with Crippen molar-refractivity contribution in [1.82, 2.24) is 5.32 Å². The second kappa shape index (κ2) is 66.6. The number of rotatable bonds is 65. The Labute approximate surface area is 481 Å². The van der Waals surface area contributed by atoms with Crippen LogP contribution in [0.25, 0.3) is 0 Å². The summed E-state index contributed by atoms with van der Waals surface area (Å²) in [7, 11) is 0. The highest BCUT2D eigenvalue weighted by molar-refractivity contribution is 5.76. The summed E-state index contributed by atoms with van der Waals surface area (Å²) in [6.07, 6.45) is 85.0. The predicted octanol–water partition coefficient (Wildman–Crippen LogP) is 22.3. The molecule has 77 heavy (non-hydrogen) atoms. The molecule has 2 unspecified atom stereocenters. The fraction of sp³-hybridized carbons (Fsp3) is 0.887. The lowest BCUT2D eigenvalue weighted by atomic mass is 10.0. The van der Waals surface area contributed by atoms with Gasteiger partial charge in [0.2, 0.25) is 5.91 Å². The Bertz CT molecular complexity index is 1250. The van der Waals surface area contributed by atoms with E-state index in [1.807, 2.05) is 6.08 Å². The smallest absolute Gasteiger partial charge is 0.305 e. The highest BCUT2D eigenvalue weighted by atomic mass is 16.5. The Morgan fingerprint density at radius 1 is 0.351 bits per heavy atom. The maximum absolute atomic E-state index is 12.5. The molecule has 454 valence electrons. The first kappa shape index (κ1) is 75.1. The van der Waals surface area contributed by atoms with Crippen molar-refractivity contribution in [3.63, 3.8) is 0 Å². The van der Waals surface area contributed by atoms with E-state index in [1.165, 1.54) is 308 Å². The molecule has 0 fully saturated rings. The van der Waals surface area contributed by atoms with Crippen molar-refractivity contribution in [2.24, 2.45) is 0 Å². The van der Waals surface area contributed by atoms with Crippen LogP contribution in [0.4, 0.5) is 0 Å². The standard InChI is InChI=1S/C71H135NO5/c1-3-5-7-9-11-13-15-17-19-20-21-22-27-30-33-36-39-43-47-51-55-59-63-69(74)68(67-73)72-70(75)64-60-56-52-48-44-40-37-34-31-28-25-23-24-26-29-32-35-38-42-46-50-54-58-62-66-77-71(76)65-61-57-53-49-45-41-18-16-14-12-10-8-6-4-2/h16,18,25,28,59,63,68-69,73-74H,3-15,17,19-24,26-27,29-58,60-62,64-67H2,1-2H3,(H,72,75)/b18-16-,28-25-,63-59+. The summed E-state index contributed by atoms with van der Waals surface area (Å²) < 4.78 is 5.48. The van der Waals surface area contributed by atoms with Gasteiger partial charge in [0.25, 0.3) is 0 Å². The van der Waals surface area contributed by atoms with Gasteiger partial charge in [0, 0.05) is 12.8 Å². The number of allylic oxidation sites excluding steroid dienone is 5. The fourth-order valence-corrected chi connectivity index (χ4v) is 10.8. The van der Waals surface area contributed by atoms with Crippen LogP contribution in [0.2, 0.25) is 0 Å². The number of hydrogen-bond acceptors (Lipinski definition) is 5. The van der Waals surface area contributed by atoms with Crippen LogP contribution in [0, 0.1) is 0 Å². The van der Waals surface area contributed by atoms with E-state index in [2.05, 4.69) is 43.5 Å². The number of unbranched alkanes of at least 4 members (excludes halogenated alkanes) is 50. The minimum Gasteiger partial charge on any atom is -0.466 e. The molecule has 0 heterocycles. The second-order valence-electron chi connectivity index (χ2n) is 23.9. The van der Waals surface area contributed by atoms with Crippen LogP contribution >= 0.6 is 0 Å². The average molecular weight is 1080 g/mol. The lowest BCUT2D eigenvalue weighted by Crippen LogP contribution is -2.45. The molecule has 0 spiro atoms. The van der Waals surface area contributed by atoms with Gasteiger partial charge in [0.15, 0.2) is 0 Å². The highest BCUT2D eigenvalue weighted by Crippen LogP contribution is 2.18. The molecule has 0 radical (unpaired) electrons. The molecule has 6 nitrogen and oxygen atoms in total. The van der Waals surface area contributed by atoms with Crippen molar-refractivity contribution in [2.75, 3.05) is 13.2 Å². The van der Waals surface area contributed by atoms with E-state index < -0.39 is 12.1 Å². The SMILES string of the molecule is CCCCCCC/C=C\CCCCCCCC(=O)OCCCCCCCCCCCCCC/C=C\CCCCCCCCCCC(=O)NC(CO)C(O)/C=C/CCCCCCCCCCCCCCCCCCCCCC. The van der Waals surface area contributed by atoms with Crippen LogP contribution in [0.3, 0.4) is 0 Å². The normalized spacial score (nSPS) is 12.7. The number of esters is 1. The van der Waals surface area contributed by atoms with E-state index in [4.69, 9.17) is 4.74 Å². The zero-order valence-corrected chi connectivity index (χ0v) is 52.0. The monoisotopic (exact) mass is 1080 g/mol. The quantitative estimate of drug-likeness (QED) is 0.0320. The maximum Gasteiger partial charge on any atom is 0.305 e. The number of aliphatic hydroxyl groups is 2. The van der Waals surface area contributed by atoms with Crippen molar-refractivity contribution < 1.29 is 24.5 Å². The van der Waals surface area contributed by atoms with Gasteiger partial charge in [-0.2, -0.15) is 0 Å². The van der Waals surface area contributed by atoms with E-state index in [9.17, 15) is 19.8 Å². The van der Waals surface area contributed by atoms with Crippen LogP contribution in [0.5, 0.6) is 0 Å². The number of ether oxygens (including phenoxy) is 1. The lowest BCUT2D eigenvalue weighted by molar-refractivity contribution is -0.143. The number of nitrogens with one attached hydrogen (secondary N) is 1. The van der Waals surface area contributed by atoms with E-state index in [-0.39, 0.29) is 18.5 Å². The molecule has 0 bridgehead atoms. The van der Waals surface area contributed by atoms with Crippen LogP contribution in [0.15, 0.2) is 36.5 Å². The molecule has 0 aliphatic carbocycles. The van der Waals surface area contributed by atoms with Crippen molar-refractivity contribution in [3.05, 3.63) is 36.5 Å². The molecule has 0 saturated carbocycles. The topological polar surface area (TPSA) is 95.9 Å². The van der Waals surface area contributed by atoms with E-state index >= 15 is 0 Å². The number of carbonyl (C=O) groups excluding carboxylic acids is 2. The van der Waals surface area contributed by atoms with Gasteiger partial charge in [-0.1, -0.05) is 320 Å². The van der Waals surface area contributed by atoms with Gasteiger partial charge in [-0.15, -0.1) is 0 Å². The van der Waals surface area contributed by atoms with Crippen molar-refractivity contribution in [1.29, 1.82) is 0 Å². The summed E-state index contributed by atoms with van der Waals surface area (Å²) in [6.45, 7) is 4.92. The largest absolute Gasteiger partial charge is 0.466 e. The number of hydrogen-bond donors (Lipinski definition) is 3. The first-order valence-corrected chi connectivity index (χ1v) is 34.8. The minimum atomic E-state index is -0.849. The van der Waals surface area contributed by atoms with Crippen LogP contribution in [-0.4, -0.2) is 47.4 Å². The van der Waals surface area contributed by atoms with E-state index in [0.717, 1.165) is 44.9 Å². The molecule has 0 aliphatic heterocycles. The molecule has 0 aliphatic rings. The third-order valence-corrected chi connectivity index (χ3v) is 16.1. The Kier molecular flexibility index (Phi) is 64.9. The first-order valence-electron chi connectivity index (χ1n) is 34.8. The third-order valence-electron chi connectivity index (χ3n) is 16.1. The van der Waals surface area contributed by atoms with Gasteiger partial charge in [0.1, 0.15) is 0 Å². The van der Waals surface area contributed by atoms with Crippen molar-refractivity contribution in [3.8, 4) is 0 Å². The summed E-state index contributed by atoms with van der Waals surface area (Å²) in [5, 5.41) is 23.2. The first-order chi connectivity index (χ1) is 38.0. The molecule has 0 aromatic rings. The molecule has 3 N–H and O–H groups in total. The molecule has 0 saturated heterocycles. The highest BCUT2D eigenvalue weighted by Gasteiger charge is 2.18. The zero-order chi connectivity index (χ0) is 55.7. The summed E-state index contributed by atoms with van der Waals surface area (Å²) in [4.78, 5) is 24.6. The Morgan fingerprint density at radius 2 is 0.610 bits per heavy atom. The third kappa shape index (κ3) is 63.1. The Hall–Kier alpha value is -1.92. The van der Waals surface area contributed by atoms with Crippen LogP contribution < -0.4 is 5.32 Å². The molecular weight excluding hydrogens is 947 g/mol. The number of carbonyl (C=O) groups is 2. The molecule has 0 aromatic heterocycles. The minimum absolute atomic E-state index is 0.00392. The molecule has 6 heteroatoms. The van der Waals surface area contributed by atoms with Gasteiger partial charge in [-0.25, -0.2) is 0 Å². The average Bonchev–Trinajstić information content (AvgIpc) is 3.43.